The molecule has 0 atom stereocenters. The molecule has 0 fully saturated rings. The summed E-state index contributed by atoms with van der Waals surface area (Å²) in [7, 11) is 0. The monoisotopic (exact) mass is 550 g/mol. The van der Waals surface area contributed by atoms with Crippen molar-refractivity contribution >= 4 is 11.9 Å². The van der Waals surface area contributed by atoms with E-state index in [0.717, 1.165) is 18.9 Å². The largest absolute Gasteiger partial charge is 0.479 e. The SMILES string of the molecule is CCCCCCCCCCCCNC(=O)c1ccc(CN(Cc2ccccc2C(F)(F)F)OCC(=O)O)cc1. The fraction of sp³-hybridized carbons (Fsp3) is 0.533. The predicted molar refractivity (Wildman–Crippen MR) is 145 cm³/mol. The molecule has 39 heavy (non-hydrogen) atoms. The van der Waals surface area contributed by atoms with E-state index >= 15 is 0 Å². The maximum Gasteiger partial charge on any atom is 0.416 e. The van der Waals surface area contributed by atoms with Crippen LogP contribution in [-0.4, -0.2) is 35.2 Å². The van der Waals surface area contributed by atoms with Gasteiger partial charge in [-0.1, -0.05) is 95.0 Å². The third-order valence-electron chi connectivity index (χ3n) is 6.43. The number of halogens is 3. The van der Waals surface area contributed by atoms with Gasteiger partial charge in [0.25, 0.3) is 5.91 Å². The molecule has 1 amide bonds. The number of carbonyl (C=O) groups excluding carboxylic acids is 1. The van der Waals surface area contributed by atoms with Crippen molar-refractivity contribution in [2.24, 2.45) is 0 Å². The smallest absolute Gasteiger partial charge is 0.416 e. The highest BCUT2D eigenvalue weighted by atomic mass is 19.4. The molecule has 2 aromatic rings. The van der Waals surface area contributed by atoms with Gasteiger partial charge in [0.2, 0.25) is 0 Å². The number of rotatable bonds is 19. The average Bonchev–Trinajstić information content (AvgIpc) is 2.90. The molecule has 9 heteroatoms. The number of hydrogen-bond acceptors (Lipinski definition) is 4. The predicted octanol–water partition coefficient (Wildman–Crippen LogP) is 7.37. The Morgan fingerprint density at radius 2 is 1.44 bits per heavy atom. The molecule has 0 saturated heterocycles. The quantitative estimate of drug-likeness (QED) is 0.141. The van der Waals surface area contributed by atoms with Crippen molar-refractivity contribution in [3.05, 3.63) is 70.8 Å². The Kier molecular flexibility index (Phi) is 14.6. The zero-order valence-electron chi connectivity index (χ0n) is 22.8. The highest BCUT2D eigenvalue weighted by molar-refractivity contribution is 5.94. The molecule has 6 nitrogen and oxygen atoms in total. The van der Waals surface area contributed by atoms with Crippen LogP contribution < -0.4 is 5.32 Å². The van der Waals surface area contributed by atoms with E-state index in [2.05, 4.69) is 12.2 Å². The van der Waals surface area contributed by atoms with Crippen LogP contribution in [0.15, 0.2) is 48.5 Å². The van der Waals surface area contributed by atoms with Crippen LogP contribution in [0.4, 0.5) is 13.2 Å². The molecular formula is C30H41F3N2O4. The van der Waals surface area contributed by atoms with E-state index in [1.54, 1.807) is 24.3 Å². The molecule has 216 valence electrons. The number of nitrogens with one attached hydrogen (secondary N) is 1. The zero-order chi connectivity index (χ0) is 28.5. The number of aliphatic carboxylic acids is 1. The molecule has 2 N–H and O–H groups in total. The Morgan fingerprint density at radius 1 is 0.846 bits per heavy atom. The summed E-state index contributed by atoms with van der Waals surface area (Å²) in [5.41, 5.74) is 0.309. The summed E-state index contributed by atoms with van der Waals surface area (Å²) in [4.78, 5) is 28.7. The van der Waals surface area contributed by atoms with Crippen LogP contribution in [0.2, 0.25) is 0 Å². The fourth-order valence-electron chi connectivity index (χ4n) is 4.30. The van der Waals surface area contributed by atoms with Gasteiger partial charge in [0, 0.05) is 18.7 Å². The molecular weight excluding hydrogens is 509 g/mol. The van der Waals surface area contributed by atoms with Gasteiger partial charge in [-0.25, -0.2) is 4.79 Å². The van der Waals surface area contributed by atoms with Crippen LogP contribution in [-0.2, 0) is 28.9 Å². The van der Waals surface area contributed by atoms with Crippen LogP contribution in [0.25, 0.3) is 0 Å². The van der Waals surface area contributed by atoms with Gasteiger partial charge >= 0.3 is 12.1 Å². The van der Waals surface area contributed by atoms with Crippen LogP contribution in [0.5, 0.6) is 0 Å². The number of unbranched alkanes of at least 4 members (excludes halogenated alkanes) is 9. The summed E-state index contributed by atoms with van der Waals surface area (Å²) in [5, 5.41) is 13.1. The highest BCUT2D eigenvalue weighted by Crippen LogP contribution is 2.32. The summed E-state index contributed by atoms with van der Waals surface area (Å²) in [5.74, 6) is -1.42. The Hall–Kier alpha value is -2.91. The molecule has 0 aliphatic rings. The van der Waals surface area contributed by atoms with Crippen molar-refractivity contribution in [2.45, 2.75) is 90.4 Å². The number of amides is 1. The van der Waals surface area contributed by atoms with Gasteiger partial charge in [0.15, 0.2) is 6.61 Å². The first-order valence-corrected chi connectivity index (χ1v) is 13.8. The minimum absolute atomic E-state index is 0.0293. The summed E-state index contributed by atoms with van der Waals surface area (Å²) in [6.45, 7) is 1.92. The molecule has 0 aliphatic carbocycles. The molecule has 0 aliphatic heterocycles. The molecule has 0 spiro atoms. The molecule has 0 unspecified atom stereocenters. The second-order valence-corrected chi connectivity index (χ2v) is 9.75. The number of hydroxylamine groups is 2. The van der Waals surface area contributed by atoms with E-state index in [1.165, 1.54) is 74.6 Å². The highest BCUT2D eigenvalue weighted by Gasteiger charge is 2.33. The number of hydrogen-bond donors (Lipinski definition) is 2. The Labute approximate surface area is 229 Å². The van der Waals surface area contributed by atoms with E-state index in [0.29, 0.717) is 17.7 Å². The molecule has 2 rings (SSSR count). The molecule has 0 saturated carbocycles. The van der Waals surface area contributed by atoms with Gasteiger partial charge < -0.3 is 10.4 Å². The van der Waals surface area contributed by atoms with E-state index in [-0.39, 0.29) is 24.6 Å². The number of nitrogens with zero attached hydrogens (tertiary/aromatic N) is 1. The third-order valence-corrected chi connectivity index (χ3v) is 6.43. The van der Waals surface area contributed by atoms with E-state index in [1.807, 2.05) is 0 Å². The van der Waals surface area contributed by atoms with E-state index in [9.17, 15) is 22.8 Å². The van der Waals surface area contributed by atoms with Crippen molar-refractivity contribution < 1.29 is 32.7 Å². The van der Waals surface area contributed by atoms with Crippen molar-refractivity contribution in [3.63, 3.8) is 0 Å². The summed E-state index contributed by atoms with van der Waals surface area (Å²) in [6, 6.07) is 11.8. The van der Waals surface area contributed by atoms with Crippen molar-refractivity contribution in [3.8, 4) is 0 Å². The first kappa shape index (κ1) is 32.3. The average molecular weight is 551 g/mol. The maximum atomic E-state index is 13.4. The van der Waals surface area contributed by atoms with Gasteiger partial charge in [0.1, 0.15) is 0 Å². The number of benzene rings is 2. The minimum Gasteiger partial charge on any atom is -0.479 e. The number of alkyl halides is 3. The van der Waals surface area contributed by atoms with Crippen LogP contribution >= 0.6 is 0 Å². The third kappa shape index (κ3) is 13.1. The number of carboxylic acids is 1. The lowest BCUT2D eigenvalue weighted by molar-refractivity contribution is -0.191. The van der Waals surface area contributed by atoms with Crippen LogP contribution in [0.3, 0.4) is 0 Å². The van der Waals surface area contributed by atoms with Gasteiger partial charge in [-0.2, -0.15) is 18.2 Å². The summed E-state index contributed by atoms with van der Waals surface area (Å²) in [6.07, 6.45) is 7.68. The first-order chi connectivity index (χ1) is 18.7. The van der Waals surface area contributed by atoms with Gasteiger partial charge in [0.05, 0.1) is 12.1 Å². The topological polar surface area (TPSA) is 78.9 Å². The molecule has 0 bridgehead atoms. The van der Waals surface area contributed by atoms with Crippen molar-refractivity contribution in [1.82, 2.24) is 10.4 Å². The number of carboxylic acid groups (broad SMARTS) is 1. The standard InChI is InChI=1S/C30H41F3N2O4/c1-2-3-4-5-6-7-8-9-10-13-20-34-29(38)25-18-16-24(17-19-25)21-35(39-23-28(36)37)22-26-14-11-12-15-27(26)30(31,32)33/h11-12,14-19H,2-10,13,20-23H2,1H3,(H,34,38)(H,36,37). The van der Waals surface area contributed by atoms with E-state index in [4.69, 9.17) is 9.94 Å². The van der Waals surface area contributed by atoms with Gasteiger partial charge in [-0.15, -0.1) is 0 Å². The maximum absolute atomic E-state index is 13.4. The molecule has 2 aromatic carbocycles. The van der Waals surface area contributed by atoms with E-state index < -0.39 is 24.3 Å². The number of carbonyl (C=O) groups is 2. The molecule has 0 radical (unpaired) electrons. The lowest BCUT2D eigenvalue weighted by Crippen LogP contribution is -2.27. The fourth-order valence-corrected chi connectivity index (χ4v) is 4.30. The molecule has 0 heterocycles. The minimum atomic E-state index is -4.54. The van der Waals surface area contributed by atoms with Crippen molar-refractivity contribution in [2.75, 3.05) is 13.2 Å². The second kappa shape index (κ2) is 17.6. The Bertz CT molecular complexity index is 996. The lowest BCUT2D eigenvalue weighted by atomic mass is 10.1. The second-order valence-electron chi connectivity index (χ2n) is 9.75. The zero-order valence-corrected chi connectivity index (χ0v) is 22.8. The Morgan fingerprint density at radius 3 is 2.03 bits per heavy atom. The van der Waals surface area contributed by atoms with Crippen LogP contribution in [0, 0.1) is 0 Å². The lowest BCUT2D eigenvalue weighted by Gasteiger charge is -2.23. The molecule has 0 aromatic heterocycles. The Balaban J connectivity index is 1.82. The van der Waals surface area contributed by atoms with Crippen molar-refractivity contribution in [1.29, 1.82) is 0 Å². The normalized spacial score (nSPS) is 11.6. The van der Waals surface area contributed by atoms with Crippen LogP contribution in [0.1, 0.15) is 98.2 Å². The summed E-state index contributed by atoms with van der Waals surface area (Å²) < 4.78 is 40.2. The van der Waals surface area contributed by atoms with Gasteiger partial charge in [-0.05, 0) is 35.7 Å². The first-order valence-electron chi connectivity index (χ1n) is 13.8. The van der Waals surface area contributed by atoms with Gasteiger partial charge in [-0.3, -0.25) is 9.63 Å². The summed E-state index contributed by atoms with van der Waals surface area (Å²) >= 11 is 0.